The topological polar surface area (TPSA) is 41.6 Å². The van der Waals surface area contributed by atoms with Gasteiger partial charge in [0.05, 0.1) is 0 Å². The molecule has 0 aliphatic rings. The highest BCUT2D eigenvalue weighted by atomic mass is 15.3. The molecule has 2 rings (SSSR count). The Morgan fingerprint density at radius 2 is 1.00 bits per heavy atom. The van der Waals surface area contributed by atoms with E-state index in [4.69, 9.17) is 0 Å². The Labute approximate surface area is 198 Å². The van der Waals surface area contributed by atoms with Crippen molar-refractivity contribution < 1.29 is 0 Å². The van der Waals surface area contributed by atoms with Crippen LogP contribution < -0.4 is 0 Å². The minimum absolute atomic E-state index is 0.685. The first kappa shape index (κ1) is 26.9. The van der Waals surface area contributed by atoms with Crippen LogP contribution in [0.4, 0.5) is 0 Å². The molecular weight excluding hydrogens is 390 g/mol. The zero-order chi connectivity index (χ0) is 22.7. The third kappa shape index (κ3) is 11.5. The molecule has 0 unspecified atom stereocenters. The maximum absolute atomic E-state index is 4.33. The van der Waals surface area contributed by atoms with Crippen molar-refractivity contribution in [3.63, 3.8) is 0 Å². The lowest BCUT2D eigenvalue weighted by atomic mass is 9.88. The van der Waals surface area contributed by atoms with Gasteiger partial charge in [0.2, 0.25) is 0 Å². The predicted molar refractivity (Wildman–Crippen MR) is 140 cm³/mol. The highest BCUT2D eigenvalue weighted by Gasteiger charge is 2.13. The number of nitrogens with one attached hydrogen (secondary N) is 1. The standard InChI is InChI=1S/C29H51N3/c1-3-5-7-9-11-13-15-17-19-21-26(22-20-18-16-14-12-10-8-6-4-2)27-23-24-28-29(25-27)31-32-30-28/h23-26H,3-22H2,1-2H3,(H,30,31,32). The van der Waals surface area contributed by atoms with Crippen LogP contribution in [0.2, 0.25) is 0 Å². The average molecular weight is 442 g/mol. The lowest BCUT2D eigenvalue weighted by Gasteiger charge is -2.17. The molecule has 182 valence electrons. The molecule has 0 saturated carbocycles. The normalized spacial score (nSPS) is 11.7. The first-order valence-electron chi connectivity index (χ1n) is 14.2. The smallest absolute Gasteiger partial charge is 0.113 e. The Morgan fingerprint density at radius 3 is 1.50 bits per heavy atom. The van der Waals surface area contributed by atoms with Gasteiger partial charge in [-0.2, -0.15) is 15.4 Å². The third-order valence-electron chi connectivity index (χ3n) is 7.12. The van der Waals surface area contributed by atoms with Gasteiger partial charge in [-0.3, -0.25) is 0 Å². The van der Waals surface area contributed by atoms with Crippen LogP contribution in [0.5, 0.6) is 0 Å². The number of benzene rings is 1. The lowest BCUT2D eigenvalue weighted by Crippen LogP contribution is -2.00. The number of hydrogen-bond donors (Lipinski definition) is 1. The number of hydrogen-bond acceptors (Lipinski definition) is 2. The molecule has 3 heteroatoms. The number of H-pyrrole nitrogens is 1. The molecule has 3 nitrogen and oxygen atoms in total. The molecule has 0 bridgehead atoms. The van der Waals surface area contributed by atoms with Crippen LogP contribution in [0.1, 0.15) is 154 Å². The lowest BCUT2D eigenvalue weighted by molar-refractivity contribution is 0.482. The van der Waals surface area contributed by atoms with Gasteiger partial charge in [0.15, 0.2) is 0 Å². The molecule has 1 heterocycles. The minimum atomic E-state index is 0.685. The minimum Gasteiger partial charge on any atom is -0.197 e. The molecule has 0 saturated heterocycles. The van der Waals surface area contributed by atoms with E-state index in [1.807, 2.05) is 0 Å². The second kappa shape index (κ2) is 18.1. The summed E-state index contributed by atoms with van der Waals surface area (Å²) >= 11 is 0. The Kier molecular flexibility index (Phi) is 15.2. The van der Waals surface area contributed by atoms with E-state index in [-0.39, 0.29) is 0 Å². The van der Waals surface area contributed by atoms with E-state index in [1.165, 1.54) is 134 Å². The van der Waals surface area contributed by atoms with Gasteiger partial charge in [0.1, 0.15) is 11.0 Å². The van der Waals surface area contributed by atoms with Crippen LogP contribution in [0.15, 0.2) is 18.2 Å². The van der Waals surface area contributed by atoms with Gasteiger partial charge < -0.3 is 0 Å². The fraction of sp³-hybridized carbons (Fsp3) is 0.793. The summed E-state index contributed by atoms with van der Waals surface area (Å²) in [4.78, 5) is 0. The maximum Gasteiger partial charge on any atom is 0.113 e. The summed E-state index contributed by atoms with van der Waals surface area (Å²) in [6.45, 7) is 4.59. The van der Waals surface area contributed by atoms with E-state index < -0.39 is 0 Å². The van der Waals surface area contributed by atoms with Crippen molar-refractivity contribution in [3.05, 3.63) is 23.8 Å². The van der Waals surface area contributed by atoms with Crippen molar-refractivity contribution >= 4 is 11.0 Å². The Hall–Kier alpha value is -1.38. The largest absolute Gasteiger partial charge is 0.197 e. The van der Waals surface area contributed by atoms with E-state index in [0.29, 0.717) is 5.92 Å². The monoisotopic (exact) mass is 441 g/mol. The van der Waals surface area contributed by atoms with Crippen molar-refractivity contribution in [2.24, 2.45) is 0 Å². The fourth-order valence-corrected chi connectivity index (χ4v) is 4.99. The van der Waals surface area contributed by atoms with Crippen LogP contribution in [0, 0.1) is 0 Å². The third-order valence-corrected chi connectivity index (χ3v) is 7.12. The highest BCUT2D eigenvalue weighted by Crippen LogP contribution is 2.30. The predicted octanol–water partition coefficient (Wildman–Crippen LogP) is 9.88. The van der Waals surface area contributed by atoms with Gasteiger partial charge in [-0.05, 0) is 36.5 Å². The van der Waals surface area contributed by atoms with Gasteiger partial charge in [-0.1, -0.05) is 135 Å². The number of fused-ring (bicyclic) bond motifs is 1. The molecule has 1 aromatic carbocycles. The Balaban J connectivity index is 1.68. The van der Waals surface area contributed by atoms with Gasteiger partial charge >= 0.3 is 0 Å². The van der Waals surface area contributed by atoms with Crippen LogP contribution in [-0.4, -0.2) is 15.4 Å². The molecule has 0 aliphatic carbocycles. The van der Waals surface area contributed by atoms with E-state index >= 15 is 0 Å². The van der Waals surface area contributed by atoms with E-state index in [0.717, 1.165) is 11.0 Å². The highest BCUT2D eigenvalue weighted by molar-refractivity contribution is 5.74. The molecule has 2 aromatic rings. The Morgan fingerprint density at radius 1 is 0.562 bits per heavy atom. The molecule has 0 atom stereocenters. The number of nitrogens with zero attached hydrogens (tertiary/aromatic N) is 2. The van der Waals surface area contributed by atoms with Gasteiger partial charge in [-0.25, -0.2) is 0 Å². The number of aromatic nitrogens is 3. The van der Waals surface area contributed by atoms with E-state index in [2.05, 4.69) is 47.5 Å². The zero-order valence-corrected chi connectivity index (χ0v) is 21.3. The average Bonchev–Trinajstić information content (AvgIpc) is 3.28. The number of aromatic amines is 1. The molecule has 0 radical (unpaired) electrons. The molecule has 0 amide bonds. The maximum atomic E-state index is 4.33. The zero-order valence-electron chi connectivity index (χ0n) is 21.3. The van der Waals surface area contributed by atoms with Crippen LogP contribution >= 0.6 is 0 Å². The summed E-state index contributed by atoms with van der Waals surface area (Å²) in [6.07, 6.45) is 28.0. The SMILES string of the molecule is CCCCCCCCCCCC(CCCCCCCCCCC)c1ccc2n[nH]nc2c1. The Bertz CT molecular complexity index is 656. The van der Waals surface area contributed by atoms with Crippen LogP contribution in [0.3, 0.4) is 0 Å². The van der Waals surface area contributed by atoms with E-state index in [1.54, 1.807) is 0 Å². The molecule has 0 spiro atoms. The van der Waals surface area contributed by atoms with Crippen molar-refractivity contribution in [2.45, 2.75) is 148 Å². The van der Waals surface area contributed by atoms with Gasteiger partial charge in [-0.15, -0.1) is 0 Å². The van der Waals surface area contributed by atoms with Crippen molar-refractivity contribution in [3.8, 4) is 0 Å². The second-order valence-electron chi connectivity index (χ2n) is 10.0. The molecule has 32 heavy (non-hydrogen) atoms. The fourth-order valence-electron chi connectivity index (χ4n) is 4.99. The van der Waals surface area contributed by atoms with E-state index in [9.17, 15) is 0 Å². The number of rotatable bonds is 21. The summed E-state index contributed by atoms with van der Waals surface area (Å²) in [6, 6.07) is 6.73. The quantitative estimate of drug-likeness (QED) is 0.196. The second-order valence-corrected chi connectivity index (χ2v) is 10.0. The molecule has 0 aliphatic heterocycles. The number of unbranched alkanes of at least 4 members (excludes halogenated alkanes) is 16. The summed E-state index contributed by atoms with van der Waals surface area (Å²) in [5, 5.41) is 11.3. The van der Waals surface area contributed by atoms with Crippen LogP contribution in [0.25, 0.3) is 11.0 Å². The summed E-state index contributed by atoms with van der Waals surface area (Å²) < 4.78 is 0. The first-order valence-corrected chi connectivity index (χ1v) is 14.2. The summed E-state index contributed by atoms with van der Waals surface area (Å²) in [7, 11) is 0. The summed E-state index contributed by atoms with van der Waals surface area (Å²) in [5.74, 6) is 0.685. The molecule has 0 fully saturated rings. The van der Waals surface area contributed by atoms with Crippen molar-refractivity contribution in [1.82, 2.24) is 15.4 Å². The van der Waals surface area contributed by atoms with Crippen molar-refractivity contribution in [2.75, 3.05) is 0 Å². The van der Waals surface area contributed by atoms with Gasteiger partial charge in [0, 0.05) is 0 Å². The molecule has 1 aromatic heterocycles. The molecule has 1 N–H and O–H groups in total. The van der Waals surface area contributed by atoms with Gasteiger partial charge in [0.25, 0.3) is 0 Å². The molecular formula is C29H51N3. The van der Waals surface area contributed by atoms with Crippen molar-refractivity contribution in [1.29, 1.82) is 0 Å². The summed E-state index contributed by atoms with van der Waals surface area (Å²) in [5.41, 5.74) is 3.48. The van der Waals surface area contributed by atoms with Crippen LogP contribution in [-0.2, 0) is 0 Å². The first-order chi connectivity index (χ1) is 15.8.